The van der Waals surface area contributed by atoms with Crippen molar-refractivity contribution in [3.05, 3.63) is 29.0 Å². The first kappa shape index (κ1) is 15.2. The third kappa shape index (κ3) is 2.78. The van der Waals surface area contributed by atoms with Gasteiger partial charge in [-0.15, -0.1) is 0 Å². The van der Waals surface area contributed by atoms with Gasteiger partial charge in [-0.25, -0.2) is 17.5 Å². The number of halogens is 2. The third-order valence-corrected chi connectivity index (χ3v) is 4.88. The monoisotopic (exact) mass is 323 g/mol. The molecule has 110 valence electrons. The van der Waals surface area contributed by atoms with Gasteiger partial charge in [-0.1, -0.05) is 11.6 Å². The molecule has 0 bridgehead atoms. The van der Waals surface area contributed by atoms with Gasteiger partial charge in [0.1, 0.15) is 16.1 Å². The molecular weight excluding hydrogens is 313 g/mol. The van der Waals surface area contributed by atoms with Gasteiger partial charge in [0.05, 0.1) is 18.2 Å². The zero-order valence-electron chi connectivity index (χ0n) is 10.1. The molecule has 6 nitrogen and oxygen atoms in total. The lowest BCUT2D eigenvalue weighted by Crippen LogP contribution is -2.55. The molecule has 0 amide bonds. The molecule has 1 aromatic carbocycles. The largest absolute Gasteiger partial charge is 0.481 e. The number of nitrogens with one attached hydrogen (secondary N) is 1. The molecule has 1 fully saturated rings. The minimum atomic E-state index is -4.02. The molecule has 2 N–H and O–H groups in total. The number of hydrogen-bond acceptors (Lipinski definition) is 4. The Balaban J connectivity index is 2.17. The van der Waals surface area contributed by atoms with Gasteiger partial charge in [0.25, 0.3) is 0 Å². The predicted octanol–water partition coefficient (Wildman–Crippen LogP) is 0.859. The zero-order chi connectivity index (χ0) is 15.0. The van der Waals surface area contributed by atoms with Crippen LogP contribution in [0.5, 0.6) is 0 Å². The first-order chi connectivity index (χ1) is 9.27. The molecule has 0 saturated carbocycles. The van der Waals surface area contributed by atoms with Crippen molar-refractivity contribution in [3.8, 4) is 0 Å². The smallest absolute Gasteiger partial charge is 0.315 e. The van der Waals surface area contributed by atoms with Gasteiger partial charge < -0.3 is 9.84 Å². The van der Waals surface area contributed by atoms with Gasteiger partial charge in [0.15, 0.2) is 0 Å². The molecule has 1 saturated heterocycles. The van der Waals surface area contributed by atoms with E-state index in [0.29, 0.717) is 0 Å². The van der Waals surface area contributed by atoms with E-state index in [1.165, 1.54) is 0 Å². The maximum atomic E-state index is 12.9. The van der Waals surface area contributed by atoms with E-state index in [0.717, 1.165) is 18.2 Å². The number of ether oxygens (including phenoxy) is 1. The number of hydrogen-bond donors (Lipinski definition) is 2. The Bertz CT molecular complexity index is 644. The molecule has 0 radical (unpaired) electrons. The molecule has 9 heteroatoms. The molecule has 1 aromatic rings. The van der Waals surface area contributed by atoms with Crippen LogP contribution in [-0.4, -0.2) is 39.3 Å². The quantitative estimate of drug-likeness (QED) is 0.838. The lowest BCUT2D eigenvalue weighted by Gasteiger charge is -2.37. The predicted molar refractivity (Wildman–Crippen MR) is 67.5 cm³/mol. The molecule has 0 aromatic heterocycles. The number of carbonyl (C=O) groups is 1. The van der Waals surface area contributed by atoms with Crippen LogP contribution >= 0.6 is 11.6 Å². The van der Waals surface area contributed by atoms with E-state index in [-0.39, 0.29) is 29.7 Å². The van der Waals surface area contributed by atoms with Crippen LogP contribution < -0.4 is 4.72 Å². The Morgan fingerprint density at radius 3 is 2.60 bits per heavy atom. The van der Waals surface area contributed by atoms with Gasteiger partial charge in [0.2, 0.25) is 10.0 Å². The van der Waals surface area contributed by atoms with Crippen molar-refractivity contribution in [1.29, 1.82) is 0 Å². The van der Waals surface area contributed by atoms with Gasteiger partial charge in [-0.3, -0.25) is 4.79 Å². The van der Waals surface area contributed by atoms with Crippen LogP contribution in [0.2, 0.25) is 5.02 Å². The Kier molecular flexibility index (Phi) is 4.01. The maximum Gasteiger partial charge on any atom is 0.315 e. The summed E-state index contributed by atoms with van der Waals surface area (Å²) >= 11 is 5.67. The second kappa shape index (κ2) is 5.28. The minimum Gasteiger partial charge on any atom is -0.481 e. The van der Waals surface area contributed by atoms with Crippen molar-refractivity contribution < 1.29 is 27.4 Å². The SMILES string of the molecule is O=C(O)C1(CNS(=O)(=O)c2ccc(F)cc2Cl)COC1. The third-order valence-electron chi connectivity index (χ3n) is 2.99. The molecule has 0 atom stereocenters. The van der Waals surface area contributed by atoms with Crippen molar-refractivity contribution in [2.24, 2.45) is 5.41 Å². The molecule has 2 rings (SSSR count). The highest BCUT2D eigenvalue weighted by Gasteiger charge is 2.47. The zero-order valence-corrected chi connectivity index (χ0v) is 11.7. The topological polar surface area (TPSA) is 92.7 Å². The van der Waals surface area contributed by atoms with Crippen LogP contribution in [0.25, 0.3) is 0 Å². The Morgan fingerprint density at radius 2 is 2.15 bits per heavy atom. The first-order valence-electron chi connectivity index (χ1n) is 5.53. The highest BCUT2D eigenvalue weighted by molar-refractivity contribution is 7.89. The van der Waals surface area contributed by atoms with Crippen molar-refractivity contribution in [3.63, 3.8) is 0 Å². The van der Waals surface area contributed by atoms with E-state index < -0.39 is 27.2 Å². The average Bonchev–Trinajstić information content (AvgIpc) is 2.25. The molecule has 1 heterocycles. The molecule has 0 aliphatic carbocycles. The van der Waals surface area contributed by atoms with E-state index >= 15 is 0 Å². The van der Waals surface area contributed by atoms with E-state index in [4.69, 9.17) is 21.4 Å². The van der Waals surface area contributed by atoms with Crippen molar-refractivity contribution in [1.82, 2.24) is 4.72 Å². The van der Waals surface area contributed by atoms with Crippen molar-refractivity contribution >= 4 is 27.6 Å². The summed E-state index contributed by atoms with van der Waals surface area (Å²) in [5.74, 6) is -1.81. The van der Waals surface area contributed by atoms with E-state index in [1.54, 1.807) is 0 Å². The molecule has 20 heavy (non-hydrogen) atoms. The van der Waals surface area contributed by atoms with Crippen LogP contribution in [0.3, 0.4) is 0 Å². The standard InChI is InChI=1S/C11H11ClFNO5S/c12-8-3-7(13)1-2-9(8)20(17,18)14-4-11(10(15)16)5-19-6-11/h1-3,14H,4-6H2,(H,15,16). The van der Waals surface area contributed by atoms with Crippen LogP contribution in [0.1, 0.15) is 0 Å². The maximum absolute atomic E-state index is 12.9. The molecule has 0 spiro atoms. The molecule has 1 aliphatic heterocycles. The second-order valence-electron chi connectivity index (χ2n) is 4.48. The number of rotatable bonds is 5. The van der Waals surface area contributed by atoms with E-state index in [2.05, 4.69) is 4.72 Å². The summed E-state index contributed by atoms with van der Waals surface area (Å²) < 4.78 is 43.9. The summed E-state index contributed by atoms with van der Waals surface area (Å²) in [5.41, 5.74) is -1.26. The van der Waals surface area contributed by atoms with Gasteiger partial charge in [-0.2, -0.15) is 0 Å². The summed E-state index contributed by atoms with van der Waals surface area (Å²) in [7, 11) is -4.02. The van der Waals surface area contributed by atoms with Gasteiger partial charge in [0, 0.05) is 6.54 Å². The first-order valence-corrected chi connectivity index (χ1v) is 7.39. The Hall–Kier alpha value is -1.22. The fraction of sp³-hybridized carbons (Fsp3) is 0.364. The number of carboxylic acids is 1. The number of carboxylic acid groups (broad SMARTS) is 1. The van der Waals surface area contributed by atoms with Crippen LogP contribution in [0.4, 0.5) is 4.39 Å². The Labute approximate surface area is 119 Å². The lowest BCUT2D eigenvalue weighted by atomic mass is 9.86. The summed E-state index contributed by atoms with van der Waals surface area (Å²) in [5, 5.41) is 8.78. The number of benzene rings is 1. The lowest BCUT2D eigenvalue weighted by molar-refractivity contribution is -0.177. The number of aliphatic carboxylic acids is 1. The van der Waals surface area contributed by atoms with Crippen LogP contribution in [0, 0.1) is 11.2 Å². The van der Waals surface area contributed by atoms with Crippen molar-refractivity contribution in [2.45, 2.75) is 4.90 Å². The van der Waals surface area contributed by atoms with E-state index in [9.17, 15) is 17.6 Å². The van der Waals surface area contributed by atoms with E-state index in [1.807, 2.05) is 0 Å². The number of sulfonamides is 1. The molecule has 1 aliphatic rings. The average molecular weight is 324 g/mol. The highest BCUT2D eigenvalue weighted by Crippen LogP contribution is 2.28. The van der Waals surface area contributed by atoms with Crippen LogP contribution in [-0.2, 0) is 19.6 Å². The molecule has 0 unspecified atom stereocenters. The fourth-order valence-corrected chi connectivity index (χ4v) is 3.31. The summed E-state index contributed by atoms with van der Waals surface area (Å²) in [6, 6.07) is 2.85. The minimum absolute atomic E-state index is 0.0675. The summed E-state index contributed by atoms with van der Waals surface area (Å²) in [6.45, 7) is -0.456. The molecular formula is C11H11ClFNO5S. The Morgan fingerprint density at radius 1 is 1.50 bits per heavy atom. The fourth-order valence-electron chi connectivity index (χ4n) is 1.65. The summed E-state index contributed by atoms with van der Waals surface area (Å²) in [6.07, 6.45) is 0. The van der Waals surface area contributed by atoms with Crippen molar-refractivity contribution in [2.75, 3.05) is 19.8 Å². The summed E-state index contributed by atoms with van der Waals surface area (Å²) in [4.78, 5) is 10.8. The van der Waals surface area contributed by atoms with Gasteiger partial charge >= 0.3 is 5.97 Å². The van der Waals surface area contributed by atoms with Gasteiger partial charge in [-0.05, 0) is 18.2 Å². The normalized spacial score (nSPS) is 17.5. The highest BCUT2D eigenvalue weighted by atomic mass is 35.5. The second-order valence-corrected chi connectivity index (χ2v) is 6.62. The van der Waals surface area contributed by atoms with Crippen LogP contribution in [0.15, 0.2) is 23.1 Å².